The standard InChI is InChI=1S/C32H31N3O3/c1-23-13-18-29(38-2)20-30(23)35-22-25(19-31(35)36)32(37)33-26-14-16-28(17-15-26)34(27-11-7-4-8-12-27)21-24-9-5-3-6-10-24/h3-18,20,25H,19,21-22H2,1-2H3,(H,33,37). The highest BCUT2D eigenvalue weighted by molar-refractivity contribution is 6.04. The van der Waals surface area contributed by atoms with Gasteiger partial charge in [-0.25, -0.2) is 0 Å². The number of aryl methyl sites for hydroxylation is 1. The van der Waals surface area contributed by atoms with Crippen LogP contribution in [0.25, 0.3) is 0 Å². The first-order valence-corrected chi connectivity index (χ1v) is 12.7. The second-order valence-electron chi connectivity index (χ2n) is 9.50. The molecule has 1 fully saturated rings. The van der Waals surface area contributed by atoms with Gasteiger partial charge in [0, 0.05) is 42.6 Å². The van der Waals surface area contributed by atoms with Crippen molar-refractivity contribution >= 4 is 34.6 Å². The average Bonchev–Trinajstić information content (AvgIpc) is 3.35. The number of methoxy groups -OCH3 is 1. The highest BCUT2D eigenvalue weighted by Gasteiger charge is 2.36. The van der Waals surface area contributed by atoms with Gasteiger partial charge in [-0.05, 0) is 60.5 Å². The molecular formula is C32H31N3O3. The molecule has 38 heavy (non-hydrogen) atoms. The molecule has 192 valence electrons. The Morgan fingerprint density at radius 1 is 0.921 bits per heavy atom. The normalized spacial score (nSPS) is 14.8. The summed E-state index contributed by atoms with van der Waals surface area (Å²) in [5.74, 6) is 0.0458. The quantitative estimate of drug-likeness (QED) is 0.304. The van der Waals surface area contributed by atoms with Crippen LogP contribution in [0.15, 0.2) is 103 Å². The summed E-state index contributed by atoms with van der Waals surface area (Å²) in [6.45, 7) is 3.02. The predicted molar refractivity (Wildman–Crippen MR) is 152 cm³/mol. The summed E-state index contributed by atoms with van der Waals surface area (Å²) >= 11 is 0. The van der Waals surface area contributed by atoms with Gasteiger partial charge in [0.1, 0.15) is 5.75 Å². The van der Waals surface area contributed by atoms with Crippen molar-refractivity contribution in [3.8, 4) is 5.75 Å². The third-order valence-corrected chi connectivity index (χ3v) is 6.90. The molecule has 5 rings (SSSR count). The third kappa shape index (κ3) is 5.54. The number of hydrogen-bond donors (Lipinski definition) is 1. The summed E-state index contributed by atoms with van der Waals surface area (Å²) in [5.41, 5.74) is 5.77. The van der Waals surface area contributed by atoms with Crippen molar-refractivity contribution < 1.29 is 14.3 Å². The number of benzene rings is 4. The van der Waals surface area contributed by atoms with Gasteiger partial charge in [0.2, 0.25) is 11.8 Å². The molecule has 1 unspecified atom stereocenters. The van der Waals surface area contributed by atoms with Gasteiger partial charge < -0.3 is 19.9 Å². The van der Waals surface area contributed by atoms with E-state index in [4.69, 9.17) is 4.74 Å². The molecule has 1 saturated heterocycles. The largest absolute Gasteiger partial charge is 0.497 e. The van der Waals surface area contributed by atoms with E-state index in [0.29, 0.717) is 18.0 Å². The molecule has 0 radical (unpaired) electrons. The number of para-hydroxylation sites is 1. The van der Waals surface area contributed by atoms with Crippen LogP contribution >= 0.6 is 0 Å². The molecule has 0 spiro atoms. The molecule has 2 amide bonds. The molecule has 1 aliphatic heterocycles. The second-order valence-corrected chi connectivity index (χ2v) is 9.50. The fraction of sp³-hybridized carbons (Fsp3) is 0.188. The Morgan fingerprint density at radius 3 is 2.26 bits per heavy atom. The average molecular weight is 506 g/mol. The Morgan fingerprint density at radius 2 is 1.58 bits per heavy atom. The number of carbonyl (C=O) groups excluding carboxylic acids is 2. The minimum Gasteiger partial charge on any atom is -0.497 e. The van der Waals surface area contributed by atoms with Crippen molar-refractivity contribution in [1.82, 2.24) is 0 Å². The van der Waals surface area contributed by atoms with Crippen LogP contribution in [-0.4, -0.2) is 25.5 Å². The van der Waals surface area contributed by atoms with Crippen molar-refractivity contribution in [3.05, 3.63) is 114 Å². The van der Waals surface area contributed by atoms with Crippen LogP contribution in [0.3, 0.4) is 0 Å². The van der Waals surface area contributed by atoms with Crippen LogP contribution in [-0.2, 0) is 16.1 Å². The van der Waals surface area contributed by atoms with Crippen LogP contribution in [0.2, 0.25) is 0 Å². The lowest BCUT2D eigenvalue weighted by molar-refractivity contribution is -0.122. The predicted octanol–water partition coefficient (Wildman–Crippen LogP) is 6.33. The van der Waals surface area contributed by atoms with E-state index in [0.717, 1.165) is 29.2 Å². The van der Waals surface area contributed by atoms with Crippen LogP contribution in [0.4, 0.5) is 22.7 Å². The lowest BCUT2D eigenvalue weighted by Gasteiger charge is -2.25. The summed E-state index contributed by atoms with van der Waals surface area (Å²) < 4.78 is 5.33. The van der Waals surface area contributed by atoms with Gasteiger partial charge in [0.05, 0.1) is 18.7 Å². The summed E-state index contributed by atoms with van der Waals surface area (Å²) in [7, 11) is 1.60. The monoisotopic (exact) mass is 505 g/mol. The number of rotatable bonds is 8. The molecule has 6 nitrogen and oxygen atoms in total. The highest BCUT2D eigenvalue weighted by Crippen LogP contribution is 2.32. The Balaban J connectivity index is 1.29. The number of amides is 2. The van der Waals surface area contributed by atoms with Gasteiger partial charge in [-0.15, -0.1) is 0 Å². The van der Waals surface area contributed by atoms with E-state index in [9.17, 15) is 9.59 Å². The van der Waals surface area contributed by atoms with E-state index in [1.807, 2.05) is 85.8 Å². The van der Waals surface area contributed by atoms with Crippen LogP contribution in [0, 0.1) is 12.8 Å². The molecule has 4 aromatic rings. The summed E-state index contributed by atoms with van der Waals surface area (Å²) in [6.07, 6.45) is 0.180. The molecule has 4 aromatic carbocycles. The number of hydrogen-bond acceptors (Lipinski definition) is 4. The third-order valence-electron chi connectivity index (χ3n) is 6.90. The maximum Gasteiger partial charge on any atom is 0.229 e. The zero-order valence-corrected chi connectivity index (χ0v) is 21.6. The van der Waals surface area contributed by atoms with Crippen molar-refractivity contribution in [2.24, 2.45) is 5.92 Å². The maximum absolute atomic E-state index is 13.1. The smallest absolute Gasteiger partial charge is 0.229 e. The summed E-state index contributed by atoms with van der Waals surface area (Å²) in [6, 6.07) is 34.1. The number of anilines is 4. The minimum atomic E-state index is -0.424. The van der Waals surface area contributed by atoms with Crippen LogP contribution in [0.5, 0.6) is 5.75 Å². The van der Waals surface area contributed by atoms with Gasteiger partial charge >= 0.3 is 0 Å². The Labute approximate surface area is 223 Å². The fourth-order valence-corrected chi connectivity index (χ4v) is 4.80. The highest BCUT2D eigenvalue weighted by atomic mass is 16.5. The van der Waals surface area contributed by atoms with E-state index in [2.05, 4.69) is 34.5 Å². The van der Waals surface area contributed by atoms with Crippen molar-refractivity contribution in [2.75, 3.05) is 28.8 Å². The molecular weight excluding hydrogens is 474 g/mol. The Bertz CT molecular complexity index is 1410. The molecule has 1 aliphatic rings. The van der Waals surface area contributed by atoms with E-state index >= 15 is 0 Å². The SMILES string of the molecule is COc1ccc(C)c(N2CC(C(=O)Nc3ccc(N(Cc4ccccc4)c4ccccc4)cc3)CC2=O)c1. The van der Waals surface area contributed by atoms with Gasteiger partial charge in [-0.2, -0.15) is 0 Å². The summed E-state index contributed by atoms with van der Waals surface area (Å²) in [5, 5.41) is 3.01. The van der Waals surface area contributed by atoms with Gasteiger partial charge in [-0.3, -0.25) is 9.59 Å². The molecule has 1 N–H and O–H groups in total. The van der Waals surface area contributed by atoms with E-state index in [1.54, 1.807) is 12.0 Å². The lowest BCUT2D eigenvalue weighted by atomic mass is 10.1. The first-order valence-electron chi connectivity index (χ1n) is 12.7. The topological polar surface area (TPSA) is 61.9 Å². The van der Waals surface area contributed by atoms with E-state index in [1.165, 1.54) is 5.56 Å². The first kappa shape index (κ1) is 25.1. The molecule has 1 atom stereocenters. The number of carbonyl (C=O) groups is 2. The number of nitrogens with one attached hydrogen (secondary N) is 1. The minimum absolute atomic E-state index is 0.0590. The molecule has 0 aliphatic carbocycles. The lowest BCUT2D eigenvalue weighted by Crippen LogP contribution is -2.28. The van der Waals surface area contributed by atoms with E-state index in [-0.39, 0.29) is 18.2 Å². The molecule has 0 aromatic heterocycles. The molecule has 0 saturated carbocycles. The zero-order valence-electron chi connectivity index (χ0n) is 21.6. The van der Waals surface area contributed by atoms with Gasteiger partial charge in [0.25, 0.3) is 0 Å². The first-order chi connectivity index (χ1) is 18.5. The number of nitrogens with zero attached hydrogens (tertiary/aromatic N) is 2. The van der Waals surface area contributed by atoms with Gasteiger partial charge in [0.15, 0.2) is 0 Å². The number of ether oxygens (including phenoxy) is 1. The van der Waals surface area contributed by atoms with Crippen molar-refractivity contribution in [1.29, 1.82) is 0 Å². The zero-order chi connectivity index (χ0) is 26.5. The van der Waals surface area contributed by atoms with Gasteiger partial charge in [-0.1, -0.05) is 54.6 Å². The maximum atomic E-state index is 13.1. The Hall–Kier alpha value is -4.58. The van der Waals surface area contributed by atoms with Crippen molar-refractivity contribution in [2.45, 2.75) is 19.9 Å². The summed E-state index contributed by atoms with van der Waals surface area (Å²) in [4.78, 5) is 29.8. The van der Waals surface area contributed by atoms with Crippen molar-refractivity contribution in [3.63, 3.8) is 0 Å². The molecule has 1 heterocycles. The Kier molecular flexibility index (Phi) is 7.40. The molecule has 0 bridgehead atoms. The van der Waals surface area contributed by atoms with Crippen LogP contribution < -0.4 is 19.9 Å². The fourth-order valence-electron chi connectivity index (χ4n) is 4.80. The second kappa shape index (κ2) is 11.2. The molecule has 6 heteroatoms. The van der Waals surface area contributed by atoms with E-state index < -0.39 is 5.92 Å². The van der Waals surface area contributed by atoms with Crippen LogP contribution in [0.1, 0.15) is 17.5 Å².